The quantitative estimate of drug-likeness (QED) is 0.827. The lowest BCUT2D eigenvalue weighted by Crippen LogP contribution is -2.31. The van der Waals surface area contributed by atoms with Gasteiger partial charge >= 0.3 is 0 Å². The topological polar surface area (TPSA) is 41.0 Å². The zero-order valence-electron chi connectivity index (χ0n) is 10.1. The van der Waals surface area contributed by atoms with Crippen molar-refractivity contribution >= 4 is 5.82 Å². The predicted octanol–water partition coefficient (Wildman–Crippen LogP) is 1.08. The molecule has 1 aliphatic rings. The monoisotopic (exact) mass is 220 g/mol. The number of piperidine rings is 1. The number of nitrogens with one attached hydrogen (secondary N) is 1. The van der Waals surface area contributed by atoms with Crippen molar-refractivity contribution in [2.45, 2.75) is 19.3 Å². The Kier molecular flexibility index (Phi) is 3.72. The van der Waals surface area contributed by atoms with Gasteiger partial charge in [-0.3, -0.25) is 0 Å². The van der Waals surface area contributed by atoms with Crippen molar-refractivity contribution in [2.24, 2.45) is 5.92 Å². The first-order valence-corrected chi connectivity index (χ1v) is 5.96. The van der Waals surface area contributed by atoms with Crippen LogP contribution in [0.3, 0.4) is 0 Å². The Morgan fingerprint density at radius 1 is 1.38 bits per heavy atom. The maximum Gasteiger partial charge on any atom is 0.150 e. The smallest absolute Gasteiger partial charge is 0.150 e. The largest absolute Gasteiger partial charge is 0.361 e. The summed E-state index contributed by atoms with van der Waals surface area (Å²) in [4.78, 5) is 1.97. The van der Waals surface area contributed by atoms with Crippen LogP contribution in [-0.2, 0) is 6.42 Å². The minimum absolute atomic E-state index is 0.730. The molecule has 1 saturated heterocycles. The Hall–Kier alpha value is -1.16. The average Bonchev–Trinajstić information content (AvgIpc) is 2.31. The molecule has 0 aromatic carbocycles. The van der Waals surface area contributed by atoms with Crippen LogP contribution in [0.1, 0.15) is 18.5 Å². The zero-order chi connectivity index (χ0) is 11.4. The first-order valence-electron chi connectivity index (χ1n) is 5.96. The third kappa shape index (κ3) is 2.92. The van der Waals surface area contributed by atoms with E-state index in [0.29, 0.717) is 0 Å². The van der Waals surface area contributed by atoms with Crippen LogP contribution in [0.2, 0.25) is 0 Å². The van der Waals surface area contributed by atoms with E-state index in [1.54, 1.807) is 0 Å². The Labute approximate surface area is 97.1 Å². The Morgan fingerprint density at radius 3 is 2.81 bits per heavy atom. The number of hydrogen-bond donors (Lipinski definition) is 1. The molecule has 1 atom stereocenters. The van der Waals surface area contributed by atoms with Crippen molar-refractivity contribution in [1.82, 2.24) is 15.5 Å². The summed E-state index contributed by atoms with van der Waals surface area (Å²) in [6.07, 6.45) is 3.64. The number of aromatic nitrogens is 2. The number of anilines is 1. The van der Waals surface area contributed by atoms with E-state index >= 15 is 0 Å². The second-order valence-corrected chi connectivity index (χ2v) is 4.69. The van der Waals surface area contributed by atoms with E-state index in [1.807, 2.05) is 25.1 Å². The van der Waals surface area contributed by atoms with Crippen LogP contribution in [0, 0.1) is 5.92 Å². The standard InChI is InChI=1S/C12H20N4/c1-16(2)12-6-5-11(14-15-12)8-10-4-3-7-13-9-10/h5-6,10,13H,3-4,7-9H2,1-2H3/t10-/m1/s1. The summed E-state index contributed by atoms with van der Waals surface area (Å²) >= 11 is 0. The molecule has 0 aliphatic carbocycles. The Morgan fingerprint density at radius 2 is 2.25 bits per heavy atom. The summed E-state index contributed by atoms with van der Waals surface area (Å²) in [5.74, 6) is 1.65. The molecule has 1 fully saturated rings. The highest BCUT2D eigenvalue weighted by Crippen LogP contribution is 2.15. The van der Waals surface area contributed by atoms with Crippen LogP contribution in [-0.4, -0.2) is 37.4 Å². The van der Waals surface area contributed by atoms with Crippen LogP contribution in [0.15, 0.2) is 12.1 Å². The predicted molar refractivity (Wildman–Crippen MR) is 65.7 cm³/mol. The molecule has 1 N–H and O–H groups in total. The van der Waals surface area contributed by atoms with E-state index in [2.05, 4.69) is 21.6 Å². The molecule has 0 unspecified atom stereocenters. The van der Waals surface area contributed by atoms with Crippen LogP contribution in [0.5, 0.6) is 0 Å². The van der Waals surface area contributed by atoms with Crippen LogP contribution < -0.4 is 10.2 Å². The van der Waals surface area contributed by atoms with Gasteiger partial charge in [-0.15, -0.1) is 5.10 Å². The molecule has 88 valence electrons. The van der Waals surface area contributed by atoms with Crippen molar-refractivity contribution in [3.8, 4) is 0 Å². The summed E-state index contributed by atoms with van der Waals surface area (Å²) in [5, 5.41) is 11.9. The molecule has 4 nitrogen and oxygen atoms in total. The zero-order valence-corrected chi connectivity index (χ0v) is 10.1. The van der Waals surface area contributed by atoms with Crippen LogP contribution in [0.25, 0.3) is 0 Å². The molecular weight excluding hydrogens is 200 g/mol. The van der Waals surface area contributed by atoms with Gasteiger partial charge in [0.05, 0.1) is 5.69 Å². The normalized spacial score (nSPS) is 20.8. The average molecular weight is 220 g/mol. The van der Waals surface area contributed by atoms with Gasteiger partial charge in [0.15, 0.2) is 5.82 Å². The van der Waals surface area contributed by atoms with Crippen molar-refractivity contribution in [3.05, 3.63) is 17.8 Å². The third-order valence-electron chi connectivity index (χ3n) is 3.06. The molecule has 16 heavy (non-hydrogen) atoms. The lowest BCUT2D eigenvalue weighted by atomic mass is 9.95. The minimum atomic E-state index is 0.730. The first kappa shape index (κ1) is 11.3. The van der Waals surface area contributed by atoms with E-state index in [0.717, 1.165) is 30.4 Å². The second-order valence-electron chi connectivity index (χ2n) is 4.69. The van der Waals surface area contributed by atoms with Gasteiger partial charge < -0.3 is 10.2 Å². The number of rotatable bonds is 3. The van der Waals surface area contributed by atoms with Gasteiger partial charge in [0.2, 0.25) is 0 Å². The summed E-state index contributed by atoms with van der Waals surface area (Å²) < 4.78 is 0. The van der Waals surface area contributed by atoms with Gasteiger partial charge in [0, 0.05) is 14.1 Å². The molecule has 1 aromatic heterocycles. The number of nitrogens with zero attached hydrogens (tertiary/aromatic N) is 3. The molecule has 4 heteroatoms. The highest BCUT2D eigenvalue weighted by Gasteiger charge is 2.14. The fraction of sp³-hybridized carbons (Fsp3) is 0.667. The molecule has 0 spiro atoms. The fourth-order valence-corrected chi connectivity index (χ4v) is 2.09. The highest BCUT2D eigenvalue weighted by molar-refractivity contribution is 5.34. The van der Waals surface area contributed by atoms with E-state index in [9.17, 15) is 0 Å². The van der Waals surface area contributed by atoms with E-state index in [4.69, 9.17) is 0 Å². The Bertz CT molecular complexity index is 314. The SMILES string of the molecule is CN(C)c1ccc(C[C@H]2CCCNC2)nn1. The molecule has 0 radical (unpaired) electrons. The lowest BCUT2D eigenvalue weighted by molar-refractivity contribution is 0.373. The maximum atomic E-state index is 4.27. The molecule has 0 saturated carbocycles. The van der Waals surface area contributed by atoms with E-state index in [-0.39, 0.29) is 0 Å². The number of hydrogen-bond acceptors (Lipinski definition) is 4. The maximum absolute atomic E-state index is 4.27. The minimum Gasteiger partial charge on any atom is -0.361 e. The van der Waals surface area contributed by atoms with Crippen molar-refractivity contribution in [1.29, 1.82) is 0 Å². The van der Waals surface area contributed by atoms with Crippen molar-refractivity contribution < 1.29 is 0 Å². The van der Waals surface area contributed by atoms with E-state index in [1.165, 1.54) is 19.4 Å². The van der Waals surface area contributed by atoms with Gasteiger partial charge in [-0.05, 0) is 50.4 Å². The third-order valence-corrected chi connectivity index (χ3v) is 3.06. The van der Waals surface area contributed by atoms with Gasteiger partial charge in [0.25, 0.3) is 0 Å². The van der Waals surface area contributed by atoms with Gasteiger partial charge in [-0.25, -0.2) is 0 Å². The summed E-state index contributed by atoms with van der Waals surface area (Å²) in [6.45, 7) is 2.29. The van der Waals surface area contributed by atoms with Crippen molar-refractivity contribution in [2.75, 3.05) is 32.1 Å². The molecule has 1 aromatic rings. The summed E-state index contributed by atoms with van der Waals surface area (Å²) in [5.41, 5.74) is 1.11. The van der Waals surface area contributed by atoms with Crippen molar-refractivity contribution in [3.63, 3.8) is 0 Å². The molecule has 0 amide bonds. The molecular formula is C12H20N4. The van der Waals surface area contributed by atoms with Gasteiger partial charge in [-0.1, -0.05) is 0 Å². The molecule has 0 bridgehead atoms. The summed E-state index contributed by atoms with van der Waals surface area (Å²) in [7, 11) is 3.96. The highest BCUT2D eigenvalue weighted by atomic mass is 15.2. The molecule has 2 rings (SSSR count). The molecule has 1 aliphatic heterocycles. The second kappa shape index (κ2) is 5.25. The van der Waals surface area contributed by atoms with Gasteiger partial charge in [0.1, 0.15) is 0 Å². The van der Waals surface area contributed by atoms with Gasteiger partial charge in [-0.2, -0.15) is 5.10 Å². The molecule has 2 heterocycles. The Balaban J connectivity index is 1.93. The van der Waals surface area contributed by atoms with E-state index < -0.39 is 0 Å². The lowest BCUT2D eigenvalue weighted by Gasteiger charge is -2.22. The first-order chi connectivity index (χ1) is 7.75. The fourth-order valence-electron chi connectivity index (χ4n) is 2.09. The summed E-state index contributed by atoms with van der Waals surface area (Å²) in [6, 6.07) is 4.13. The van der Waals surface area contributed by atoms with Crippen LogP contribution in [0.4, 0.5) is 5.82 Å². The van der Waals surface area contributed by atoms with Crippen LogP contribution >= 0.6 is 0 Å².